The Balaban J connectivity index is 1.80. The fourth-order valence-electron chi connectivity index (χ4n) is 2.45. The van der Waals surface area contributed by atoms with Crippen molar-refractivity contribution >= 4 is 5.91 Å². The van der Waals surface area contributed by atoms with Crippen molar-refractivity contribution in [2.75, 3.05) is 13.2 Å². The van der Waals surface area contributed by atoms with Gasteiger partial charge in [-0.05, 0) is 20.3 Å². The molecule has 0 saturated carbocycles. The minimum atomic E-state index is -0.114. The molecule has 124 valence electrons. The number of morpholine rings is 1. The molecule has 1 amide bonds. The zero-order valence-electron chi connectivity index (χ0n) is 14.3. The second-order valence-electron chi connectivity index (χ2n) is 7.15. The normalized spacial score (nSPS) is 22.9. The average molecular weight is 309 g/mol. The van der Waals surface area contributed by atoms with E-state index in [1.54, 1.807) is 0 Å². The number of carbonyl (C=O) groups is 1. The lowest BCUT2D eigenvalue weighted by molar-refractivity contribution is -0.143. The molecule has 1 aliphatic rings. The van der Waals surface area contributed by atoms with Gasteiger partial charge in [0.2, 0.25) is 11.8 Å². The molecule has 1 aliphatic heterocycles. The largest absolute Gasteiger partial charge is 0.375 e. The first-order chi connectivity index (χ1) is 10.3. The number of nitrogens with zero attached hydrogens (tertiary/aromatic N) is 3. The summed E-state index contributed by atoms with van der Waals surface area (Å²) >= 11 is 0. The van der Waals surface area contributed by atoms with Gasteiger partial charge in [0.05, 0.1) is 18.8 Å². The van der Waals surface area contributed by atoms with E-state index in [0.717, 1.165) is 6.42 Å². The molecule has 6 heteroatoms. The van der Waals surface area contributed by atoms with Gasteiger partial charge in [0.1, 0.15) is 0 Å². The highest BCUT2D eigenvalue weighted by molar-refractivity contribution is 5.76. The predicted molar refractivity (Wildman–Crippen MR) is 82.5 cm³/mol. The Bertz CT molecular complexity index is 507. The molecule has 0 aliphatic carbocycles. The topological polar surface area (TPSA) is 68.5 Å². The maximum atomic E-state index is 12.3. The molecule has 0 N–H and O–H groups in total. The van der Waals surface area contributed by atoms with Gasteiger partial charge in [0.15, 0.2) is 5.82 Å². The van der Waals surface area contributed by atoms with Gasteiger partial charge < -0.3 is 14.2 Å². The first kappa shape index (κ1) is 16.9. The van der Waals surface area contributed by atoms with Gasteiger partial charge in [0.25, 0.3) is 0 Å². The van der Waals surface area contributed by atoms with Crippen molar-refractivity contribution in [2.45, 2.75) is 71.4 Å². The fraction of sp³-hybridized carbons (Fsp3) is 0.812. The van der Waals surface area contributed by atoms with Crippen LogP contribution in [0, 0.1) is 0 Å². The van der Waals surface area contributed by atoms with E-state index < -0.39 is 0 Å². The van der Waals surface area contributed by atoms with Gasteiger partial charge in [-0.15, -0.1) is 0 Å². The molecule has 0 spiro atoms. The average Bonchev–Trinajstić information content (AvgIpc) is 2.90. The summed E-state index contributed by atoms with van der Waals surface area (Å²) < 4.78 is 10.8. The molecular weight excluding hydrogens is 282 g/mol. The molecule has 6 nitrogen and oxygen atoms in total. The molecule has 2 atom stereocenters. The zero-order chi connectivity index (χ0) is 16.3. The Hall–Kier alpha value is -1.43. The monoisotopic (exact) mass is 309 g/mol. The first-order valence-corrected chi connectivity index (χ1v) is 8.01. The molecule has 1 saturated heterocycles. The third-order valence-corrected chi connectivity index (χ3v) is 3.85. The predicted octanol–water partition coefficient (Wildman–Crippen LogP) is 2.33. The van der Waals surface area contributed by atoms with E-state index in [0.29, 0.717) is 37.7 Å². The van der Waals surface area contributed by atoms with Crippen molar-refractivity contribution in [1.82, 2.24) is 15.0 Å². The third kappa shape index (κ3) is 4.29. The van der Waals surface area contributed by atoms with Gasteiger partial charge in [-0.1, -0.05) is 25.9 Å². The zero-order valence-corrected chi connectivity index (χ0v) is 14.3. The van der Waals surface area contributed by atoms with E-state index in [4.69, 9.17) is 9.26 Å². The summed E-state index contributed by atoms with van der Waals surface area (Å²) in [7, 11) is 0. The van der Waals surface area contributed by atoms with Crippen LogP contribution in [-0.4, -0.2) is 46.2 Å². The molecule has 2 heterocycles. The lowest BCUT2D eigenvalue weighted by Gasteiger charge is -2.36. The lowest BCUT2D eigenvalue weighted by atomic mass is 9.96. The van der Waals surface area contributed by atoms with Crippen molar-refractivity contribution in [3.63, 3.8) is 0 Å². The minimum absolute atomic E-state index is 0.114. The molecule has 2 rings (SSSR count). The van der Waals surface area contributed by atoms with Gasteiger partial charge in [-0.3, -0.25) is 4.79 Å². The van der Waals surface area contributed by atoms with Crippen molar-refractivity contribution < 1.29 is 14.1 Å². The quantitative estimate of drug-likeness (QED) is 0.854. The number of ether oxygens (including phenoxy) is 1. The second kappa shape index (κ2) is 6.77. The van der Waals surface area contributed by atoms with Crippen molar-refractivity contribution in [3.05, 3.63) is 11.7 Å². The van der Waals surface area contributed by atoms with Crippen LogP contribution in [0.15, 0.2) is 4.52 Å². The second-order valence-corrected chi connectivity index (χ2v) is 7.15. The SMILES string of the molecule is C[C@@H]1CN(C(=O)CCCc2nc(C(C)(C)C)no2)[C@H](C)CO1. The van der Waals surface area contributed by atoms with E-state index >= 15 is 0 Å². The third-order valence-electron chi connectivity index (χ3n) is 3.85. The van der Waals surface area contributed by atoms with Crippen molar-refractivity contribution in [1.29, 1.82) is 0 Å². The van der Waals surface area contributed by atoms with Gasteiger partial charge in [-0.2, -0.15) is 4.98 Å². The summed E-state index contributed by atoms with van der Waals surface area (Å²) in [5.41, 5.74) is -0.114. The van der Waals surface area contributed by atoms with E-state index in [-0.39, 0.29) is 23.5 Å². The van der Waals surface area contributed by atoms with Crippen LogP contribution >= 0.6 is 0 Å². The number of amides is 1. The molecular formula is C16H27N3O3. The summed E-state index contributed by atoms with van der Waals surface area (Å²) in [6, 6.07) is 0.152. The lowest BCUT2D eigenvalue weighted by Crippen LogP contribution is -2.50. The molecule has 1 fully saturated rings. The van der Waals surface area contributed by atoms with Crippen LogP contribution < -0.4 is 0 Å². The van der Waals surface area contributed by atoms with Gasteiger partial charge in [0, 0.05) is 24.8 Å². The van der Waals surface area contributed by atoms with Crippen molar-refractivity contribution in [3.8, 4) is 0 Å². The minimum Gasteiger partial charge on any atom is -0.375 e. The number of hydrogen-bond acceptors (Lipinski definition) is 5. The molecule has 22 heavy (non-hydrogen) atoms. The number of aromatic nitrogens is 2. The molecule has 0 aromatic carbocycles. The van der Waals surface area contributed by atoms with Crippen LogP contribution in [0.2, 0.25) is 0 Å². The number of aryl methyl sites for hydroxylation is 1. The Morgan fingerprint density at radius 2 is 2.09 bits per heavy atom. The molecule has 0 radical (unpaired) electrons. The van der Waals surface area contributed by atoms with Gasteiger partial charge >= 0.3 is 0 Å². The van der Waals surface area contributed by atoms with Gasteiger partial charge in [-0.25, -0.2) is 0 Å². The highest BCUT2D eigenvalue weighted by Crippen LogP contribution is 2.19. The van der Waals surface area contributed by atoms with E-state index in [1.807, 2.05) is 39.5 Å². The Morgan fingerprint density at radius 3 is 2.73 bits per heavy atom. The van der Waals surface area contributed by atoms with Crippen LogP contribution in [0.4, 0.5) is 0 Å². The van der Waals surface area contributed by atoms with Crippen LogP contribution in [-0.2, 0) is 21.4 Å². The van der Waals surface area contributed by atoms with Crippen LogP contribution in [0.1, 0.15) is 59.2 Å². The molecule has 1 aromatic rings. The Labute approximate surface area is 132 Å². The van der Waals surface area contributed by atoms with Crippen LogP contribution in [0.3, 0.4) is 0 Å². The standard InChI is InChI=1S/C16H27N3O3/c1-11-10-21-12(2)9-19(11)14(20)8-6-7-13-17-15(18-22-13)16(3,4)5/h11-12H,6-10H2,1-5H3/t11-,12-/m1/s1. The highest BCUT2D eigenvalue weighted by atomic mass is 16.5. The summed E-state index contributed by atoms with van der Waals surface area (Å²) in [4.78, 5) is 18.6. The number of hydrogen-bond donors (Lipinski definition) is 0. The van der Waals surface area contributed by atoms with E-state index in [2.05, 4.69) is 10.1 Å². The summed E-state index contributed by atoms with van der Waals surface area (Å²) in [5.74, 6) is 1.50. The first-order valence-electron chi connectivity index (χ1n) is 8.01. The van der Waals surface area contributed by atoms with E-state index in [9.17, 15) is 4.79 Å². The fourth-order valence-corrected chi connectivity index (χ4v) is 2.45. The summed E-state index contributed by atoms with van der Waals surface area (Å²) in [5, 5.41) is 4.00. The summed E-state index contributed by atoms with van der Waals surface area (Å²) in [6.45, 7) is 11.5. The number of carbonyl (C=O) groups excluding carboxylic acids is 1. The molecule has 0 bridgehead atoms. The molecule has 0 unspecified atom stereocenters. The highest BCUT2D eigenvalue weighted by Gasteiger charge is 2.27. The van der Waals surface area contributed by atoms with E-state index in [1.165, 1.54) is 0 Å². The Morgan fingerprint density at radius 1 is 1.36 bits per heavy atom. The van der Waals surface area contributed by atoms with Crippen LogP contribution in [0.5, 0.6) is 0 Å². The van der Waals surface area contributed by atoms with Crippen molar-refractivity contribution in [2.24, 2.45) is 0 Å². The smallest absolute Gasteiger partial charge is 0.226 e. The maximum Gasteiger partial charge on any atom is 0.226 e. The number of rotatable bonds is 4. The maximum absolute atomic E-state index is 12.3. The Kier molecular flexibility index (Phi) is 5.21. The van der Waals surface area contributed by atoms with Crippen LogP contribution in [0.25, 0.3) is 0 Å². The molecule has 1 aromatic heterocycles. The summed E-state index contributed by atoms with van der Waals surface area (Å²) in [6.07, 6.45) is 1.99.